The van der Waals surface area contributed by atoms with E-state index in [1.807, 2.05) is 38.1 Å². The first-order chi connectivity index (χ1) is 13.7. The molecule has 0 radical (unpaired) electrons. The molecule has 2 N–H and O–H groups in total. The number of carbonyl (C=O) groups is 3. The van der Waals surface area contributed by atoms with Crippen molar-refractivity contribution in [1.82, 2.24) is 15.2 Å². The number of aldehydes is 1. The van der Waals surface area contributed by atoms with Crippen molar-refractivity contribution in [3.8, 4) is 0 Å². The van der Waals surface area contributed by atoms with Crippen molar-refractivity contribution in [3.05, 3.63) is 36.0 Å². The van der Waals surface area contributed by atoms with Crippen molar-refractivity contribution >= 4 is 29.0 Å². The Morgan fingerprint density at radius 3 is 2.69 bits per heavy atom. The van der Waals surface area contributed by atoms with Gasteiger partial charge >= 0.3 is 0 Å². The number of rotatable bonds is 6. The van der Waals surface area contributed by atoms with Gasteiger partial charge in [-0.3, -0.25) is 9.59 Å². The number of H-pyrrole nitrogens is 1. The molecule has 1 saturated carbocycles. The van der Waals surface area contributed by atoms with Crippen LogP contribution in [0.2, 0.25) is 0 Å². The second-order valence-corrected chi connectivity index (χ2v) is 9.50. The van der Waals surface area contributed by atoms with Crippen LogP contribution in [0, 0.1) is 23.2 Å². The maximum Gasteiger partial charge on any atom is 0.268 e. The highest BCUT2D eigenvalue weighted by Crippen LogP contribution is 2.64. The van der Waals surface area contributed by atoms with Crippen LogP contribution in [0.25, 0.3) is 10.9 Å². The van der Waals surface area contributed by atoms with Crippen molar-refractivity contribution in [3.63, 3.8) is 0 Å². The molecule has 2 aromatic rings. The second kappa shape index (κ2) is 7.01. The summed E-state index contributed by atoms with van der Waals surface area (Å²) in [6, 6.07) is 8.44. The highest BCUT2D eigenvalue weighted by molar-refractivity contribution is 6.00. The van der Waals surface area contributed by atoms with Gasteiger partial charge in [-0.05, 0) is 41.7 Å². The topological polar surface area (TPSA) is 82.3 Å². The molecule has 1 aromatic heterocycles. The fourth-order valence-electron chi connectivity index (χ4n) is 5.06. The number of aromatic amines is 1. The molecule has 1 aliphatic carbocycles. The Bertz CT molecular complexity index is 928. The lowest BCUT2D eigenvalue weighted by Gasteiger charge is -2.31. The molecule has 1 aromatic carbocycles. The van der Waals surface area contributed by atoms with Gasteiger partial charge in [0.1, 0.15) is 18.0 Å². The SMILES string of the molecule is CC(C)C[C@H](NC(=O)c1cc2ccccc2[nH]1)C(=O)N1C[C@H]2[C@@H]([C@H]1C=O)C2(C)C. The van der Waals surface area contributed by atoms with E-state index in [4.69, 9.17) is 0 Å². The van der Waals surface area contributed by atoms with Crippen LogP contribution in [-0.4, -0.2) is 46.6 Å². The molecule has 6 heteroatoms. The summed E-state index contributed by atoms with van der Waals surface area (Å²) >= 11 is 0. The highest BCUT2D eigenvalue weighted by atomic mass is 16.2. The molecule has 1 saturated heterocycles. The molecule has 1 aliphatic heterocycles. The van der Waals surface area contributed by atoms with Crippen LogP contribution >= 0.6 is 0 Å². The number of hydrogen-bond acceptors (Lipinski definition) is 3. The zero-order valence-corrected chi connectivity index (χ0v) is 17.4. The Kier molecular flexibility index (Phi) is 4.75. The third-order valence-corrected chi connectivity index (χ3v) is 6.77. The predicted molar refractivity (Wildman–Crippen MR) is 111 cm³/mol. The van der Waals surface area contributed by atoms with Crippen molar-refractivity contribution in [2.45, 2.75) is 46.2 Å². The second-order valence-electron chi connectivity index (χ2n) is 9.50. The maximum atomic E-state index is 13.3. The fourth-order valence-corrected chi connectivity index (χ4v) is 5.06. The summed E-state index contributed by atoms with van der Waals surface area (Å²) in [4.78, 5) is 42.7. The van der Waals surface area contributed by atoms with Crippen molar-refractivity contribution in [2.24, 2.45) is 23.2 Å². The minimum atomic E-state index is -0.642. The molecule has 0 bridgehead atoms. The number of nitrogens with one attached hydrogen (secondary N) is 2. The van der Waals surface area contributed by atoms with E-state index in [2.05, 4.69) is 24.1 Å². The average molecular weight is 396 g/mol. The first kappa shape index (κ1) is 19.7. The van der Waals surface area contributed by atoms with Crippen LogP contribution in [0.15, 0.2) is 30.3 Å². The fraction of sp³-hybridized carbons (Fsp3) is 0.522. The number of piperidine rings is 1. The molecular weight excluding hydrogens is 366 g/mol. The summed E-state index contributed by atoms with van der Waals surface area (Å²) in [5.74, 6) is 0.379. The Morgan fingerprint density at radius 2 is 2.03 bits per heavy atom. The summed E-state index contributed by atoms with van der Waals surface area (Å²) in [6.07, 6.45) is 1.44. The predicted octanol–water partition coefficient (Wildman–Crippen LogP) is 2.99. The number of likely N-dealkylation sites (tertiary alicyclic amines) is 1. The van der Waals surface area contributed by atoms with Crippen LogP contribution in [-0.2, 0) is 9.59 Å². The molecule has 2 amide bonds. The van der Waals surface area contributed by atoms with Gasteiger partial charge < -0.3 is 20.0 Å². The van der Waals surface area contributed by atoms with Gasteiger partial charge in [0.2, 0.25) is 5.91 Å². The molecule has 0 unspecified atom stereocenters. The number of para-hydroxylation sites is 1. The van der Waals surface area contributed by atoms with Gasteiger partial charge in [-0.2, -0.15) is 0 Å². The minimum absolute atomic E-state index is 0.115. The number of hydrogen-bond donors (Lipinski definition) is 2. The number of amides is 2. The Hall–Kier alpha value is -2.63. The quantitative estimate of drug-likeness (QED) is 0.738. The third kappa shape index (κ3) is 3.34. The smallest absolute Gasteiger partial charge is 0.268 e. The zero-order valence-electron chi connectivity index (χ0n) is 17.4. The first-order valence-electron chi connectivity index (χ1n) is 10.4. The van der Waals surface area contributed by atoms with Crippen LogP contribution < -0.4 is 5.32 Å². The monoisotopic (exact) mass is 395 g/mol. The molecule has 2 fully saturated rings. The van der Waals surface area contributed by atoms with E-state index in [0.29, 0.717) is 24.6 Å². The van der Waals surface area contributed by atoms with Crippen LogP contribution in [0.1, 0.15) is 44.6 Å². The lowest BCUT2D eigenvalue weighted by molar-refractivity contribution is -0.138. The maximum absolute atomic E-state index is 13.3. The lowest BCUT2D eigenvalue weighted by Crippen LogP contribution is -2.52. The Balaban J connectivity index is 1.52. The van der Waals surface area contributed by atoms with Gasteiger partial charge in [-0.1, -0.05) is 45.9 Å². The number of carbonyl (C=O) groups excluding carboxylic acids is 3. The molecule has 154 valence electrons. The van der Waals surface area contributed by atoms with Gasteiger partial charge in [-0.15, -0.1) is 0 Å². The largest absolute Gasteiger partial charge is 0.351 e. The van der Waals surface area contributed by atoms with E-state index < -0.39 is 6.04 Å². The molecule has 4 rings (SSSR count). The summed E-state index contributed by atoms with van der Waals surface area (Å²) in [5, 5.41) is 3.87. The van der Waals surface area contributed by atoms with Crippen molar-refractivity contribution in [1.29, 1.82) is 0 Å². The number of nitrogens with zero attached hydrogens (tertiary/aromatic N) is 1. The molecule has 0 spiro atoms. The van der Waals surface area contributed by atoms with Crippen molar-refractivity contribution < 1.29 is 14.4 Å². The van der Waals surface area contributed by atoms with E-state index in [9.17, 15) is 14.4 Å². The van der Waals surface area contributed by atoms with Gasteiger partial charge in [0, 0.05) is 17.4 Å². The Morgan fingerprint density at radius 1 is 1.31 bits per heavy atom. The number of fused-ring (bicyclic) bond motifs is 2. The summed E-state index contributed by atoms with van der Waals surface area (Å²) in [5.41, 5.74) is 1.43. The molecular formula is C23H29N3O3. The Labute approximate surface area is 171 Å². The van der Waals surface area contributed by atoms with E-state index in [0.717, 1.165) is 17.2 Å². The molecule has 4 atom stereocenters. The standard InChI is InChI=1S/C23H29N3O3/c1-13(2)9-18(22(29)26-11-15-20(19(26)12-27)23(15,3)4)25-21(28)17-10-14-7-5-6-8-16(14)24-17/h5-8,10,12-13,15,18-20,24H,9,11H2,1-4H3,(H,25,28)/t15-,18-,19+,20-/m0/s1. The van der Waals surface area contributed by atoms with E-state index in [-0.39, 0.29) is 35.1 Å². The third-order valence-electron chi connectivity index (χ3n) is 6.77. The van der Waals surface area contributed by atoms with Gasteiger partial charge in [0.05, 0.1) is 6.04 Å². The minimum Gasteiger partial charge on any atom is -0.351 e. The average Bonchev–Trinajstić information content (AvgIpc) is 3.06. The normalized spacial score (nSPS) is 25.7. The number of aromatic nitrogens is 1. The molecule has 2 aliphatic rings. The highest BCUT2D eigenvalue weighted by Gasteiger charge is 2.67. The lowest BCUT2D eigenvalue weighted by atomic mass is 9.98. The molecule has 6 nitrogen and oxygen atoms in total. The van der Waals surface area contributed by atoms with E-state index in [1.165, 1.54) is 0 Å². The summed E-state index contributed by atoms with van der Waals surface area (Å²) < 4.78 is 0. The van der Waals surface area contributed by atoms with Crippen LogP contribution in [0.5, 0.6) is 0 Å². The van der Waals surface area contributed by atoms with Gasteiger partial charge in [0.15, 0.2) is 0 Å². The van der Waals surface area contributed by atoms with Crippen LogP contribution in [0.3, 0.4) is 0 Å². The van der Waals surface area contributed by atoms with E-state index >= 15 is 0 Å². The van der Waals surface area contributed by atoms with Crippen LogP contribution in [0.4, 0.5) is 0 Å². The molecule has 2 heterocycles. The summed E-state index contributed by atoms with van der Waals surface area (Å²) in [7, 11) is 0. The zero-order chi connectivity index (χ0) is 20.9. The first-order valence-corrected chi connectivity index (χ1v) is 10.4. The summed E-state index contributed by atoms with van der Waals surface area (Å²) in [6.45, 7) is 8.96. The number of benzene rings is 1. The molecule has 29 heavy (non-hydrogen) atoms. The van der Waals surface area contributed by atoms with Crippen molar-refractivity contribution in [2.75, 3.05) is 6.54 Å². The van der Waals surface area contributed by atoms with Gasteiger partial charge in [-0.25, -0.2) is 0 Å². The van der Waals surface area contributed by atoms with Gasteiger partial charge in [0.25, 0.3) is 5.91 Å². The van der Waals surface area contributed by atoms with E-state index in [1.54, 1.807) is 11.0 Å².